The molecule has 24 heavy (non-hydrogen) atoms. The molecule has 2 heterocycles. The zero-order chi connectivity index (χ0) is 17.1. The summed E-state index contributed by atoms with van der Waals surface area (Å²) < 4.78 is 19.2. The lowest BCUT2D eigenvalue weighted by molar-refractivity contribution is 0.408. The van der Waals surface area contributed by atoms with Gasteiger partial charge in [-0.25, -0.2) is 9.37 Å². The minimum absolute atomic E-state index is 0.0719. The van der Waals surface area contributed by atoms with Crippen molar-refractivity contribution in [1.29, 1.82) is 0 Å². The molecule has 0 spiro atoms. The number of benzene rings is 1. The number of nitrogens with zero attached hydrogens (tertiary/aromatic N) is 3. The van der Waals surface area contributed by atoms with E-state index in [0.717, 1.165) is 35.3 Å². The van der Waals surface area contributed by atoms with Crippen LogP contribution in [0.1, 0.15) is 11.1 Å². The fourth-order valence-corrected chi connectivity index (χ4v) is 2.58. The van der Waals surface area contributed by atoms with Gasteiger partial charge in [-0.2, -0.15) is 4.98 Å². The van der Waals surface area contributed by atoms with E-state index in [-0.39, 0.29) is 5.82 Å². The number of guanidine groups is 1. The largest absolute Gasteiger partial charge is 0.496 e. The van der Waals surface area contributed by atoms with Crippen LogP contribution in [0.3, 0.4) is 0 Å². The number of rotatable bonds is 4. The Morgan fingerprint density at radius 2 is 1.96 bits per heavy atom. The van der Waals surface area contributed by atoms with Crippen LogP contribution in [0.4, 0.5) is 21.8 Å². The normalized spacial score (nSPS) is 13.2. The van der Waals surface area contributed by atoms with E-state index in [0.29, 0.717) is 18.5 Å². The third-order valence-electron chi connectivity index (χ3n) is 3.58. The molecule has 0 amide bonds. The molecule has 0 radical (unpaired) electrons. The van der Waals surface area contributed by atoms with Gasteiger partial charge in [-0.05, 0) is 37.1 Å². The van der Waals surface area contributed by atoms with Crippen LogP contribution >= 0.6 is 0 Å². The molecule has 0 saturated carbocycles. The van der Waals surface area contributed by atoms with E-state index in [2.05, 4.69) is 30.9 Å². The van der Waals surface area contributed by atoms with Gasteiger partial charge in [0.25, 0.3) is 0 Å². The van der Waals surface area contributed by atoms with Gasteiger partial charge in [0, 0.05) is 12.2 Å². The predicted molar refractivity (Wildman–Crippen MR) is 91.7 cm³/mol. The molecule has 0 fully saturated rings. The summed E-state index contributed by atoms with van der Waals surface area (Å²) in [5, 5.41) is 8.92. The second-order valence-corrected chi connectivity index (χ2v) is 5.44. The minimum atomic E-state index is -0.543. The number of aromatic nitrogens is 2. The molecule has 0 aliphatic carbocycles. The van der Waals surface area contributed by atoms with E-state index in [9.17, 15) is 4.39 Å². The lowest BCUT2D eigenvalue weighted by Gasteiger charge is -2.13. The summed E-state index contributed by atoms with van der Waals surface area (Å²) in [6.07, 6.45) is 1.12. The van der Waals surface area contributed by atoms with Crippen molar-refractivity contribution in [2.45, 2.75) is 13.8 Å². The quantitative estimate of drug-likeness (QED) is 0.798. The van der Waals surface area contributed by atoms with Crippen LogP contribution in [0, 0.1) is 19.7 Å². The first-order valence-corrected chi connectivity index (χ1v) is 7.57. The van der Waals surface area contributed by atoms with Gasteiger partial charge < -0.3 is 20.7 Å². The Labute approximate surface area is 139 Å². The van der Waals surface area contributed by atoms with E-state index < -0.39 is 5.82 Å². The molecule has 2 aromatic rings. The molecule has 0 atom stereocenters. The van der Waals surface area contributed by atoms with Crippen molar-refractivity contribution >= 4 is 23.4 Å². The first-order valence-electron chi connectivity index (χ1n) is 7.57. The highest BCUT2D eigenvalue weighted by molar-refractivity contribution is 5.93. The highest BCUT2D eigenvalue weighted by Crippen LogP contribution is 2.28. The van der Waals surface area contributed by atoms with Crippen LogP contribution in [-0.4, -0.2) is 36.1 Å². The average Bonchev–Trinajstić information content (AvgIpc) is 3.03. The van der Waals surface area contributed by atoms with Crippen molar-refractivity contribution in [3.05, 3.63) is 35.3 Å². The number of nitrogens with one attached hydrogen (secondary N) is 3. The second-order valence-electron chi connectivity index (χ2n) is 5.44. The van der Waals surface area contributed by atoms with E-state index >= 15 is 0 Å². The van der Waals surface area contributed by atoms with Crippen LogP contribution < -0.4 is 20.7 Å². The van der Waals surface area contributed by atoms with E-state index in [4.69, 9.17) is 4.74 Å². The first kappa shape index (κ1) is 16.0. The molecular weight excluding hydrogens is 311 g/mol. The number of halogens is 1. The fraction of sp³-hybridized carbons (Fsp3) is 0.312. The summed E-state index contributed by atoms with van der Waals surface area (Å²) in [4.78, 5) is 12.3. The van der Waals surface area contributed by atoms with Gasteiger partial charge in [0.05, 0.1) is 19.9 Å². The maximum absolute atomic E-state index is 13.9. The first-order chi connectivity index (χ1) is 11.6. The number of aliphatic imine (C=N–C) groups is 1. The highest BCUT2D eigenvalue weighted by Gasteiger charge is 2.12. The maximum Gasteiger partial charge on any atom is 0.229 e. The van der Waals surface area contributed by atoms with Gasteiger partial charge in [-0.1, -0.05) is 0 Å². The Morgan fingerprint density at radius 3 is 2.58 bits per heavy atom. The molecule has 8 heteroatoms. The SMILES string of the molecule is COc1c(C)cc(Nc2ncc(F)c(NC3=NCCN3)n2)cc1C. The molecule has 7 nitrogen and oxygen atoms in total. The summed E-state index contributed by atoms with van der Waals surface area (Å²) in [6.45, 7) is 5.30. The number of ether oxygens (including phenoxy) is 1. The molecule has 3 rings (SSSR count). The minimum Gasteiger partial charge on any atom is -0.496 e. The van der Waals surface area contributed by atoms with Crippen LogP contribution in [-0.2, 0) is 0 Å². The van der Waals surface area contributed by atoms with E-state index in [1.54, 1.807) is 7.11 Å². The van der Waals surface area contributed by atoms with Gasteiger partial charge >= 0.3 is 0 Å². The Hall–Kier alpha value is -2.90. The summed E-state index contributed by atoms with van der Waals surface area (Å²) in [7, 11) is 1.64. The number of hydrogen-bond acceptors (Lipinski definition) is 7. The highest BCUT2D eigenvalue weighted by atomic mass is 19.1. The molecule has 3 N–H and O–H groups in total. The van der Waals surface area contributed by atoms with Gasteiger partial charge in [0.15, 0.2) is 17.6 Å². The molecule has 126 valence electrons. The van der Waals surface area contributed by atoms with Gasteiger partial charge in [0.1, 0.15) is 5.75 Å². The Bertz CT molecular complexity index is 769. The molecule has 0 unspecified atom stereocenters. The lowest BCUT2D eigenvalue weighted by Crippen LogP contribution is -2.27. The molecule has 1 aliphatic heterocycles. The molecule has 1 aromatic heterocycles. The van der Waals surface area contributed by atoms with Crippen molar-refractivity contribution in [2.75, 3.05) is 30.8 Å². The van der Waals surface area contributed by atoms with Gasteiger partial charge in [-0.15, -0.1) is 0 Å². The predicted octanol–water partition coefficient (Wildman–Crippen LogP) is 2.36. The third-order valence-corrected chi connectivity index (χ3v) is 3.58. The van der Waals surface area contributed by atoms with Crippen molar-refractivity contribution < 1.29 is 9.13 Å². The number of methoxy groups -OCH3 is 1. The summed E-state index contributed by atoms with van der Waals surface area (Å²) in [6, 6.07) is 3.85. The third kappa shape index (κ3) is 3.37. The molecular formula is C16H19FN6O. The zero-order valence-electron chi connectivity index (χ0n) is 13.8. The standard InChI is InChI=1S/C16H19FN6O/c1-9-6-11(7-10(2)13(9)24-3)21-16-20-8-12(17)14(23-16)22-15-18-4-5-19-15/h6-8H,4-5H2,1-3H3,(H3,18,19,20,21,22,23). The average molecular weight is 330 g/mol. The maximum atomic E-state index is 13.9. The van der Waals surface area contributed by atoms with Crippen molar-refractivity contribution in [3.63, 3.8) is 0 Å². The van der Waals surface area contributed by atoms with Gasteiger partial charge in [0.2, 0.25) is 5.95 Å². The van der Waals surface area contributed by atoms with E-state index in [1.807, 2.05) is 26.0 Å². The van der Waals surface area contributed by atoms with Crippen LogP contribution in [0.25, 0.3) is 0 Å². The molecule has 1 aromatic carbocycles. The molecule has 0 saturated heterocycles. The Balaban J connectivity index is 1.82. The summed E-state index contributed by atoms with van der Waals surface area (Å²) >= 11 is 0. The Kier molecular flexibility index (Phi) is 4.45. The van der Waals surface area contributed by atoms with Crippen LogP contribution in [0.2, 0.25) is 0 Å². The molecule has 1 aliphatic rings. The van der Waals surface area contributed by atoms with Crippen molar-refractivity contribution in [2.24, 2.45) is 4.99 Å². The number of anilines is 3. The smallest absolute Gasteiger partial charge is 0.229 e. The summed E-state index contributed by atoms with van der Waals surface area (Å²) in [5.41, 5.74) is 2.79. The molecule has 0 bridgehead atoms. The van der Waals surface area contributed by atoms with Crippen LogP contribution in [0.5, 0.6) is 5.75 Å². The van der Waals surface area contributed by atoms with Crippen molar-refractivity contribution in [1.82, 2.24) is 15.3 Å². The summed E-state index contributed by atoms with van der Waals surface area (Å²) in [5.74, 6) is 1.17. The second kappa shape index (κ2) is 6.69. The number of aryl methyl sites for hydroxylation is 2. The lowest BCUT2D eigenvalue weighted by atomic mass is 10.1. The topological polar surface area (TPSA) is 83.5 Å². The Morgan fingerprint density at radius 1 is 1.21 bits per heavy atom. The fourth-order valence-electron chi connectivity index (χ4n) is 2.58. The monoisotopic (exact) mass is 330 g/mol. The zero-order valence-corrected chi connectivity index (χ0v) is 13.8. The van der Waals surface area contributed by atoms with Crippen molar-refractivity contribution in [3.8, 4) is 5.75 Å². The van der Waals surface area contributed by atoms with Gasteiger partial charge in [-0.3, -0.25) is 4.99 Å². The number of hydrogen-bond donors (Lipinski definition) is 3. The van der Waals surface area contributed by atoms with Crippen LogP contribution in [0.15, 0.2) is 23.3 Å². The van der Waals surface area contributed by atoms with E-state index in [1.165, 1.54) is 0 Å².